The molecule has 3 nitrogen and oxygen atoms in total. The molecule has 4 heteroatoms. The van der Waals surface area contributed by atoms with Crippen molar-refractivity contribution in [1.82, 2.24) is 10.2 Å². The van der Waals surface area contributed by atoms with E-state index in [0.29, 0.717) is 11.8 Å². The molecule has 0 amide bonds. The second kappa shape index (κ2) is 5.37. The predicted molar refractivity (Wildman–Crippen MR) is 76.4 cm³/mol. The van der Waals surface area contributed by atoms with Gasteiger partial charge in [0.05, 0.1) is 5.75 Å². The molecule has 1 heterocycles. The van der Waals surface area contributed by atoms with E-state index < -0.39 is 0 Å². The number of aromatic nitrogens is 2. The molecule has 0 unspecified atom stereocenters. The standard InChI is InChI=1S/C15H18N2OS/c1-10(2)11-5-7-13(8-6-11)19-9-14-16-17-15(18-14)12-3-4-12/h5-8,10,12H,3-4,9H2,1-2H3. The normalized spacial score (nSPS) is 15.1. The van der Waals surface area contributed by atoms with Crippen molar-refractivity contribution in [3.63, 3.8) is 0 Å². The van der Waals surface area contributed by atoms with Crippen LogP contribution in [0.5, 0.6) is 0 Å². The van der Waals surface area contributed by atoms with Gasteiger partial charge in [-0.3, -0.25) is 0 Å². The zero-order valence-electron chi connectivity index (χ0n) is 11.3. The second-order valence-electron chi connectivity index (χ2n) is 5.32. The lowest BCUT2D eigenvalue weighted by atomic mass is 10.0. The largest absolute Gasteiger partial charge is 0.424 e. The molecule has 1 aliphatic rings. The maximum atomic E-state index is 5.65. The molecule has 100 valence electrons. The molecular weight excluding hydrogens is 256 g/mol. The fourth-order valence-electron chi connectivity index (χ4n) is 1.91. The van der Waals surface area contributed by atoms with Crippen LogP contribution in [0.15, 0.2) is 33.6 Å². The Morgan fingerprint density at radius 1 is 1.21 bits per heavy atom. The number of hydrogen-bond acceptors (Lipinski definition) is 4. The second-order valence-corrected chi connectivity index (χ2v) is 6.37. The predicted octanol–water partition coefficient (Wildman–Crippen LogP) is 4.36. The summed E-state index contributed by atoms with van der Waals surface area (Å²) >= 11 is 1.74. The maximum absolute atomic E-state index is 5.65. The summed E-state index contributed by atoms with van der Waals surface area (Å²) in [6, 6.07) is 8.71. The Labute approximate surface area is 117 Å². The van der Waals surface area contributed by atoms with Crippen molar-refractivity contribution in [2.24, 2.45) is 0 Å². The van der Waals surface area contributed by atoms with E-state index in [1.165, 1.54) is 23.3 Å². The third kappa shape index (κ3) is 3.18. The van der Waals surface area contributed by atoms with Crippen molar-refractivity contribution in [1.29, 1.82) is 0 Å². The molecule has 1 aromatic carbocycles. The smallest absolute Gasteiger partial charge is 0.226 e. The van der Waals surface area contributed by atoms with E-state index >= 15 is 0 Å². The van der Waals surface area contributed by atoms with Crippen molar-refractivity contribution in [3.05, 3.63) is 41.6 Å². The van der Waals surface area contributed by atoms with Gasteiger partial charge < -0.3 is 4.42 Å². The van der Waals surface area contributed by atoms with E-state index in [0.717, 1.165) is 17.5 Å². The Kier molecular flexibility index (Phi) is 3.60. The Hall–Kier alpha value is -1.29. The molecule has 0 spiro atoms. The van der Waals surface area contributed by atoms with Gasteiger partial charge >= 0.3 is 0 Å². The summed E-state index contributed by atoms with van der Waals surface area (Å²) in [5, 5.41) is 8.20. The molecule has 0 saturated heterocycles. The highest BCUT2D eigenvalue weighted by Crippen LogP contribution is 2.39. The van der Waals surface area contributed by atoms with Crippen LogP contribution >= 0.6 is 11.8 Å². The van der Waals surface area contributed by atoms with Crippen LogP contribution in [0.1, 0.15) is 55.9 Å². The Morgan fingerprint density at radius 3 is 2.58 bits per heavy atom. The average Bonchev–Trinajstić information content (AvgIpc) is 3.16. The number of thioether (sulfide) groups is 1. The monoisotopic (exact) mass is 274 g/mol. The lowest BCUT2D eigenvalue weighted by Crippen LogP contribution is -1.86. The van der Waals surface area contributed by atoms with Crippen LogP contribution in [0, 0.1) is 0 Å². The van der Waals surface area contributed by atoms with E-state index in [2.05, 4.69) is 48.3 Å². The number of hydrogen-bond donors (Lipinski definition) is 0. The molecule has 1 fully saturated rings. The van der Waals surface area contributed by atoms with Crippen LogP contribution in [0.25, 0.3) is 0 Å². The Morgan fingerprint density at radius 2 is 1.95 bits per heavy atom. The number of benzene rings is 1. The van der Waals surface area contributed by atoms with Gasteiger partial charge in [0.2, 0.25) is 11.8 Å². The molecule has 0 N–H and O–H groups in total. The first-order valence-electron chi connectivity index (χ1n) is 6.77. The Balaban J connectivity index is 1.58. The molecule has 19 heavy (non-hydrogen) atoms. The molecule has 1 saturated carbocycles. The van der Waals surface area contributed by atoms with Gasteiger partial charge in [0, 0.05) is 10.8 Å². The summed E-state index contributed by atoms with van der Waals surface area (Å²) in [6.45, 7) is 4.42. The van der Waals surface area contributed by atoms with Gasteiger partial charge in [-0.25, -0.2) is 0 Å². The van der Waals surface area contributed by atoms with Crippen molar-refractivity contribution < 1.29 is 4.42 Å². The van der Waals surface area contributed by atoms with E-state index in [1.807, 2.05) is 0 Å². The number of nitrogens with zero attached hydrogens (tertiary/aromatic N) is 2. The molecule has 3 rings (SSSR count). The van der Waals surface area contributed by atoms with Crippen molar-refractivity contribution in [2.45, 2.75) is 49.2 Å². The van der Waals surface area contributed by atoms with Crippen LogP contribution in [0.2, 0.25) is 0 Å². The minimum absolute atomic E-state index is 0.538. The third-order valence-corrected chi connectivity index (χ3v) is 4.31. The molecule has 0 atom stereocenters. The van der Waals surface area contributed by atoms with Crippen molar-refractivity contribution in [3.8, 4) is 0 Å². The fourth-order valence-corrected chi connectivity index (χ4v) is 2.65. The van der Waals surface area contributed by atoms with Gasteiger partial charge in [0.1, 0.15) is 0 Å². The van der Waals surface area contributed by atoms with Crippen molar-refractivity contribution in [2.75, 3.05) is 0 Å². The first-order valence-corrected chi connectivity index (χ1v) is 7.76. The summed E-state index contributed by atoms with van der Waals surface area (Å²) in [7, 11) is 0. The molecule has 1 aliphatic carbocycles. The van der Waals surface area contributed by atoms with Gasteiger partial charge in [-0.1, -0.05) is 26.0 Å². The van der Waals surface area contributed by atoms with Gasteiger partial charge in [-0.05, 0) is 36.5 Å². The molecule has 0 bridgehead atoms. The summed E-state index contributed by atoms with van der Waals surface area (Å²) in [5.74, 6) is 3.43. The van der Waals surface area contributed by atoms with Gasteiger partial charge in [-0.15, -0.1) is 22.0 Å². The van der Waals surface area contributed by atoms with Crippen LogP contribution in [0.3, 0.4) is 0 Å². The van der Waals surface area contributed by atoms with Crippen LogP contribution in [0.4, 0.5) is 0 Å². The molecule has 2 aromatic rings. The Bertz CT molecular complexity index is 544. The van der Waals surface area contributed by atoms with E-state index in [9.17, 15) is 0 Å². The van der Waals surface area contributed by atoms with E-state index in [-0.39, 0.29) is 0 Å². The minimum atomic E-state index is 0.538. The van der Waals surface area contributed by atoms with Crippen molar-refractivity contribution >= 4 is 11.8 Å². The highest BCUT2D eigenvalue weighted by atomic mass is 32.2. The summed E-state index contributed by atoms with van der Waals surface area (Å²) < 4.78 is 5.65. The number of rotatable bonds is 5. The topological polar surface area (TPSA) is 38.9 Å². The molecule has 0 radical (unpaired) electrons. The fraction of sp³-hybridized carbons (Fsp3) is 0.467. The third-order valence-electron chi connectivity index (χ3n) is 3.32. The zero-order valence-corrected chi connectivity index (χ0v) is 12.1. The highest BCUT2D eigenvalue weighted by molar-refractivity contribution is 7.98. The lowest BCUT2D eigenvalue weighted by molar-refractivity contribution is 0.466. The van der Waals surface area contributed by atoms with Gasteiger partial charge in [0.25, 0.3) is 0 Å². The summed E-state index contributed by atoms with van der Waals surface area (Å²) in [4.78, 5) is 1.25. The lowest BCUT2D eigenvalue weighted by Gasteiger charge is -2.05. The molecular formula is C15H18N2OS. The SMILES string of the molecule is CC(C)c1ccc(SCc2nnc(C3CC3)o2)cc1. The van der Waals surface area contributed by atoms with Crippen LogP contribution in [-0.4, -0.2) is 10.2 Å². The highest BCUT2D eigenvalue weighted by Gasteiger charge is 2.29. The van der Waals surface area contributed by atoms with Crippen LogP contribution in [-0.2, 0) is 5.75 Å². The van der Waals surface area contributed by atoms with Gasteiger partial charge in [0.15, 0.2) is 0 Å². The van der Waals surface area contributed by atoms with Gasteiger partial charge in [-0.2, -0.15) is 0 Å². The summed E-state index contributed by atoms with van der Waals surface area (Å²) in [5.41, 5.74) is 1.37. The maximum Gasteiger partial charge on any atom is 0.226 e. The zero-order chi connectivity index (χ0) is 13.2. The first kappa shape index (κ1) is 12.7. The van der Waals surface area contributed by atoms with Crippen LogP contribution < -0.4 is 0 Å². The van der Waals surface area contributed by atoms with E-state index in [1.54, 1.807) is 11.8 Å². The first-order chi connectivity index (χ1) is 9.22. The summed E-state index contributed by atoms with van der Waals surface area (Å²) in [6.07, 6.45) is 2.40. The molecule has 0 aliphatic heterocycles. The molecule has 1 aromatic heterocycles. The quantitative estimate of drug-likeness (QED) is 0.759. The average molecular weight is 274 g/mol. The van der Waals surface area contributed by atoms with E-state index in [4.69, 9.17) is 4.42 Å². The minimum Gasteiger partial charge on any atom is -0.424 e.